The van der Waals surface area contributed by atoms with E-state index in [0.29, 0.717) is 18.3 Å². The maximum Gasteiger partial charge on any atom is 0.230 e. The highest BCUT2D eigenvalue weighted by molar-refractivity contribution is 5.60. The van der Waals surface area contributed by atoms with Gasteiger partial charge in [0, 0.05) is 25.4 Å². The molecular weight excluding hydrogens is 416 g/mol. The molecule has 0 unspecified atom stereocenters. The lowest BCUT2D eigenvalue weighted by molar-refractivity contribution is 0.347. The van der Waals surface area contributed by atoms with Crippen LogP contribution in [-0.4, -0.2) is 39.7 Å². The topological polar surface area (TPSA) is 111 Å². The normalized spacial score (nSPS) is 11.4. The molecule has 3 aromatic heterocycles. The van der Waals surface area contributed by atoms with Crippen LogP contribution in [-0.2, 0) is 19.1 Å². The fourth-order valence-electron chi connectivity index (χ4n) is 3.17. The first kappa shape index (κ1) is 22.1. The van der Waals surface area contributed by atoms with Crippen molar-refractivity contribution in [3.63, 3.8) is 0 Å². The molecule has 170 valence electrons. The van der Waals surface area contributed by atoms with Gasteiger partial charge in [-0.15, -0.1) is 5.10 Å². The molecule has 0 radical (unpaired) electrons. The van der Waals surface area contributed by atoms with Crippen molar-refractivity contribution in [2.24, 2.45) is 7.05 Å². The van der Waals surface area contributed by atoms with E-state index in [1.165, 1.54) is 6.33 Å². The van der Waals surface area contributed by atoms with E-state index in [1.54, 1.807) is 10.9 Å². The molecule has 0 bridgehead atoms. The summed E-state index contributed by atoms with van der Waals surface area (Å²) >= 11 is 0. The second-order valence-electron chi connectivity index (χ2n) is 8.85. The van der Waals surface area contributed by atoms with Crippen LogP contribution in [0.25, 0.3) is 17.1 Å². The molecule has 10 heteroatoms. The summed E-state index contributed by atoms with van der Waals surface area (Å²) in [6, 6.07) is 6.14. The third-order valence-electron chi connectivity index (χ3n) is 5.12. The van der Waals surface area contributed by atoms with Crippen molar-refractivity contribution < 1.29 is 0 Å². The van der Waals surface area contributed by atoms with Gasteiger partial charge in [-0.1, -0.05) is 23.9 Å². The molecular formula is C23H28N10. The van der Waals surface area contributed by atoms with Crippen molar-refractivity contribution in [2.75, 3.05) is 5.32 Å². The summed E-state index contributed by atoms with van der Waals surface area (Å²) in [5.74, 6) is 1.07. The predicted octanol–water partition coefficient (Wildman–Crippen LogP) is 3.43. The summed E-state index contributed by atoms with van der Waals surface area (Å²) in [5.41, 5.74) is 5.34. The van der Waals surface area contributed by atoms with E-state index < -0.39 is 0 Å². The maximum absolute atomic E-state index is 4.54. The highest BCUT2D eigenvalue weighted by atomic mass is 15.4. The number of nitrogens with zero attached hydrogens (tertiary/aromatic N) is 8. The standard InChI is InChI=1S/C23H28N10/c1-15-9-17(21-25-14-26-22(29-21)28-19-11-27-32(6)12-19)7-8-18(15)10-24-16(2)20-13-33(31-30-20)23(3,4)5/h7-9,11-14,24H,2,10H2,1,3-6H3,(H,25,26,28,29). The average Bonchev–Trinajstić information content (AvgIpc) is 3.42. The molecule has 33 heavy (non-hydrogen) atoms. The molecule has 0 aliphatic carbocycles. The summed E-state index contributed by atoms with van der Waals surface area (Å²) in [7, 11) is 1.86. The molecule has 1 aromatic carbocycles. The quantitative estimate of drug-likeness (QED) is 0.446. The van der Waals surface area contributed by atoms with Gasteiger partial charge in [0.1, 0.15) is 12.0 Å². The number of hydrogen-bond donors (Lipinski definition) is 2. The summed E-state index contributed by atoms with van der Waals surface area (Å²) < 4.78 is 3.54. The molecule has 0 aliphatic rings. The fraction of sp³-hybridized carbons (Fsp3) is 0.304. The Kier molecular flexibility index (Phi) is 5.91. The third kappa shape index (κ3) is 5.22. The van der Waals surface area contributed by atoms with E-state index in [0.717, 1.165) is 33.8 Å². The van der Waals surface area contributed by atoms with Crippen LogP contribution in [0.15, 0.2) is 49.7 Å². The van der Waals surface area contributed by atoms with Crippen LogP contribution < -0.4 is 10.6 Å². The Morgan fingerprint density at radius 3 is 2.64 bits per heavy atom. The molecule has 4 aromatic rings. The molecule has 0 amide bonds. The molecule has 0 saturated heterocycles. The first-order valence-corrected chi connectivity index (χ1v) is 10.6. The lowest BCUT2D eigenvalue weighted by Crippen LogP contribution is -2.22. The van der Waals surface area contributed by atoms with Gasteiger partial charge in [0.25, 0.3) is 0 Å². The van der Waals surface area contributed by atoms with Gasteiger partial charge < -0.3 is 10.6 Å². The second-order valence-corrected chi connectivity index (χ2v) is 8.85. The summed E-state index contributed by atoms with van der Waals surface area (Å²) in [4.78, 5) is 13.1. The van der Waals surface area contributed by atoms with Crippen LogP contribution in [0.4, 0.5) is 11.6 Å². The number of nitrogens with one attached hydrogen (secondary N) is 2. The molecule has 2 N–H and O–H groups in total. The van der Waals surface area contributed by atoms with Crippen LogP contribution >= 0.6 is 0 Å². The number of anilines is 2. The Hall–Kier alpha value is -4.08. The third-order valence-corrected chi connectivity index (χ3v) is 5.12. The highest BCUT2D eigenvalue weighted by Gasteiger charge is 2.16. The van der Waals surface area contributed by atoms with Crippen molar-refractivity contribution in [3.05, 3.63) is 66.5 Å². The SMILES string of the molecule is C=C(NCc1ccc(-c2ncnc(Nc3cnn(C)c3)n2)cc1C)c1cn(C(C)(C)C)nn1. The van der Waals surface area contributed by atoms with Crippen molar-refractivity contribution in [1.29, 1.82) is 0 Å². The largest absolute Gasteiger partial charge is 0.380 e. The van der Waals surface area contributed by atoms with E-state index in [1.807, 2.05) is 30.2 Å². The number of benzene rings is 1. The van der Waals surface area contributed by atoms with Crippen LogP contribution in [0.1, 0.15) is 37.6 Å². The van der Waals surface area contributed by atoms with Crippen molar-refractivity contribution in [1.82, 2.24) is 45.0 Å². The first-order chi connectivity index (χ1) is 15.7. The number of aromatic nitrogens is 8. The van der Waals surface area contributed by atoms with Crippen molar-refractivity contribution in [2.45, 2.75) is 39.8 Å². The lowest BCUT2D eigenvalue weighted by Gasteiger charge is -2.17. The van der Waals surface area contributed by atoms with Gasteiger partial charge >= 0.3 is 0 Å². The Bertz CT molecular complexity index is 1280. The Labute approximate surface area is 192 Å². The Morgan fingerprint density at radius 1 is 1.15 bits per heavy atom. The fourth-order valence-corrected chi connectivity index (χ4v) is 3.17. The van der Waals surface area contributed by atoms with Gasteiger partial charge in [0.05, 0.1) is 29.3 Å². The molecule has 0 saturated carbocycles. The van der Waals surface area contributed by atoms with Gasteiger partial charge in [-0.3, -0.25) is 4.68 Å². The monoisotopic (exact) mass is 444 g/mol. The zero-order valence-corrected chi connectivity index (χ0v) is 19.5. The Morgan fingerprint density at radius 2 is 1.97 bits per heavy atom. The van der Waals surface area contributed by atoms with E-state index in [9.17, 15) is 0 Å². The summed E-state index contributed by atoms with van der Waals surface area (Å²) in [6.07, 6.45) is 6.98. The minimum atomic E-state index is -0.125. The molecule has 0 aliphatic heterocycles. The minimum Gasteiger partial charge on any atom is -0.380 e. The first-order valence-electron chi connectivity index (χ1n) is 10.6. The van der Waals surface area contributed by atoms with Crippen LogP contribution in [0.5, 0.6) is 0 Å². The highest BCUT2D eigenvalue weighted by Crippen LogP contribution is 2.21. The predicted molar refractivity (Wildman–Crippen MR) is 127 cm³/mol. The van der Waals surface area contributed by atoms with Gasteiger partial charge in [0.15, 0.2) is 5.82 Å². The summed E-state index contributed by atoms with van der Waals surface area (Å²) in [6.45, 7) is 13.0. The smallest absolute Gasteiger partial charge is 0.230 e. The molecule has 3 heterocycles. The van der Waals surface area contributed by atoms with Gasteiger partial charge in [0.2, 0.25) is 5.95 Å². The van der Waals surface area contributed by atoms with E-state index in [4.69, 9.17) is 0 Å². The minimum absolute atomic E-state index is 0.125. The molecule has 0 fully saturated rings. The number of aryl methyl sites for hydroxylation is 2. The maximum atomic E-state index is 4.54. The zero-order chi connectivity index (χ0) is 23.6. The van der Waals surface area contributed by atoms with Gasteiger partial charge in [-0.2, -0.15) is 10.1 Å². The molecule has 4 rings (SSSR count). The molecule has 0 atom stereocenters. The zero-order valence-electron chi connectivity index (χ0n) is 19.5. The molecule has 0 spiro atoms. The lowest BCUT2D eigenvalue weighted by atomic mass is 10.0. The number of rotatable bonds is 7. The Balaban J connectivity index is 1.43. The van der Waals surface area contributed by atoms with E-state index in [-0.39, 0.29) is 5.54 Å². The average molecular weight is 445 g/mol. The van der Waals surface area contributed by atoms with Crippen LogP contribution in [0, 0.1) is 6.92 Å². The molecule has 10 nitrogen and oxygen atoms in total. The van der Waals surface area contributed by atoms with Crippen molar-refractivity contribution >= 4 is 17.3 Å². The van der Waals surface area contributed by atoms with Crippen LogP contribution in [0.3, 0.4) is 0 Å². The summed E-state index contributed by atoms with van der Waals surface area (Å²) in [5, 5.41) is 19.1. The van der Waals surface area contributed by atoms with Gasteiger partial charge in [-0.05, 0) is 44.9 Å². The second kappa shape index (κ2) is 8.81. The van der Waals surface area contributed by atoms with Crippen LogP contribution in [0.2, 0.25) is 0 Å². The van der Waals surface area contributed by atoms with E-state index in [2.05, 4.69) is 87.4 Å². The van der Waals surface area contributed by atoms with Gasteiger partial charge in [-0.25, -0.2) is 14.6 Å². The van der Waals surface area contributed by atoms with E-state index >= 15 is 0 Å². The van der Waals surface area contributed by atoms with Crippen molar-refractivity contribution in [3.8, 4) is 11.4 Å². The number of hydrogen-bond acceptors (Lipinski definition) is 8.